The van der Waals surface area contributed by atoms with Crippen LogP contribution in [0.3, 0.4) is 0 Å². The number of hydrogen-bond donors (Lipinski definition) is 0. The number of aldehydes is 1. The van der Waals surface area contributed by atoms with Gasteiger partial charge in [0.25, 0.3) is 0 Å². The Balaban J connectivity index is 2.24. The third-order valence-electron chi connectivity index (χ3n) is 1.75. The molecule has 0 spiro atoms. The van der Waals surface area contributed by atoms with Crippen molar-refractivity contribution < 1.29 is 9.53 Å². The molecular formula is C10H15NO2. The summed E-state index contributed by atoms with van der Waals surface area (Å²) in [6, 6.07) is 1.80. The van der Waals surface area contributed by atoms with Crippen LogP contribution in [0.5, 0.6) is 0 Å². The third kappa shape index (κ3) is 3.42. The second-order valence-corrected chi connectivity index (χ2v) is 2.91. The number of carbonyl (C=O) groups excluding carboxylic acids is 1. The standard InChI is InChI=1S/C10H15NO2/c1-2-6-13-7-5-11-4-3-10(8-11)9-12/h3-4,8-9H,2,5-7H2,1H3. The Kier molecular flexibility index (Phi) is 4.26. The monoisotopic (exact) mass is 181 g/mol. The first-order valence-electron chi connectivity index (χ1n) is 4.55. The number of hydrogen-bond acceptors (Lipinski definition) is 2. The van der Waals surface area contributed by atoms with Gasteiger partial charge in [0.2, 0.25) is 0 Å². The van der Waals surface area contributed by atoms with Crippen LogP contribution in [0.4, 0.5) is 0 Å². The fourth-order valence-electron chi connectivity index (χ4n) is 1.08. The minimum Gasteiger partial charge on any atom is -0.380 e. The Morgan fingerprint density at radius 1 is 1.54 bits per heavy atom. The van der Waals surface area contributed by atoms with Crippen molar-refractivity contribution in [2.24, 2.45) is 0 Å². The molecule has 0 saturated heterocycles. The number of aromatic nitrogens is 1. The van der Waals surface area contributed by atoms with Crippen LogP contribution < -0.4 is 0 Å². The molecule has 0 radical (unpaired) electrons. The molecule has 0 aliphatic heterocycles. The summed E-state index contributed by atoms with van der Waals surface area (Å²) >= 11 is 0. The van der Waals surface area contributed by atoms with Crippen LogP contribution >= 0.6 is 0 Å². The van der Waals surface area contributed by atoms with Gasteiger partial charge in [-0.1, -0.05) is 6.92 Å². The lowest BCUT2D eigenvalue weighted by atomic mass is 10.4. The van der Waals surface area contributed by atoms with Crippen molar-refractivity contribution in [2.75, 3.05) is 13.2 Å². The van der Waals surface area contributed by atoms with Crippen molar-refractivity contribution in [3.05, 3.63) is 24.0 Å². The van der Waals surface area contributed by atoms with Gasteiger partial charge in [-0.05, 0) is 12.5 Å². The molecule has 72 valence electrons. The molecule has 0 atom stereocenters. The average molecular weight is 181 g/mol. The van der Waals surface area contributed by atoms with E-state index in [9.17, 15) is 4.79 Å². The zero-order chi connectivity index (χ0) is 9.52. The first-order valence-corrected chi connectivity index (χ1v) is 4.55. The Bertz CT molecular complexity index is 255. The Morgan fingerprint density at radius 3 is 3.00 bits per heavy atom. The van der Waals surface area contributed by atoms with Gasteiger partial charge in [-0.2, -0.15) is 0 Å². The largest absolute Gasteiger partial charge is 0.380 e. The normalized spacial score (nSPS) is 10.2. The molecule has 3 heteroatoms. The maximum atomic E-state index is 10.4. The van der Waals surface area contributed by atoms with E-state index in [1.807, 2.05) is 17.0 Å². The Labute approximate surface area is 78.3 Å². The molecule has 0 N–H and O–H groups in total. The van der Waals surface area contributed by atoms with Gasteiger partial charge < -0.3 is 9.30 Å². The summed E-state index contributed by atoms with van der Waals surface area (Å²) in [6.45, 7) is 4.41. The summed E-state index contributed by atoms with van der Waals surface area (Å²) in [5, 5.41) is 0. The molecule has 0 fully saturated rings. The molecule has 0 aliphatic carbocycles. The van der Waals surface area contributed by atoms with E-state index in [4.69, 9.17) is 4.74 Å². The van der Waals surface area contributed by atoms with Crippen LogP contribution in [-0.2, 0) is 11.3 Å². The second-order valence-electron chi connectivity index (χ2n) is 2.91. The first kappa shape index (κ1) is 9.99. The van der Waals surface area contributed by atoms with E-state index in [1.165, 1.54) is 0 Å². The molecule has 0 aromatic carbocycles. The van der Waals surface area contributed by atoms with E-state index in [1.54, 1.807) is 6.07 Å². The van der Waals surface area contributed by atoms with Crippen molar-refractivity contribution in [1.82, 2.24) is 4.57 Å². The van der Waals surface area contributed by atoms with Gasteiger partial charge in [-0.3, -0.25) is 4.79 Å². The van der Waals surface area contributed by atoms with E-state index in [-0.39, 0.29) is 0 Å². The molecule has 1 aromatic rings. The molecule has 1 aromatic heterocycles. The molecular weight excluding hydrogens is 166 g/mol. The predicted molar refractivity (Wildman–Crippen MR) is 50.9 cm³/mol. The molecule has 0 bridgehead atoms. The minimum absolute atomic E-state index is 0.709. The highest BCUT2D eigenvalue weighted by atomic mass is 16.5. The van der Waals surface area contributed by atoms with Crippen LogP contribution in [-0.4, -0.2) is 24.1 Å². The van der Waals surface area contributed by atoms with Gasteiger partial charge >= 0.3 is 0 Å². The average Bonchev–Trinajstić information content (AvgIpc) is 2.60. The molecule has 0 amide bonds. The number of ether oxygens (including phenoxy) is 1. The van der Waals surface area contributed by atoms with Gasteiger partial charge in [-0.15, -0.1) is 0 Å². The smallest absolute Gasteiger partial charge is 0.151 e. The summed E-state index contributed by atoms with van der Waals surface area (Å²) in [7, 11) is 0. The van der Waals surface area contributed by atoms with E-state index in [0.717, 1.165) is 31.4 Å². The van der Waals surface area contributed by atoms with Crippen molar-refractivity contribution >= 4 is 6.29 Å². The number of rotatable bonds is 6. The van der Waals surface area contributed by atoms with Gasteiger partial charge in [-0.25, -0.2) is 0 Å². The molecule has 13 heavy (non-hydrogen) atoms. The minimum atomic E-state index is 0.709. The second kappa shape index (κ2) is 5.54. The fraction of sp³-hybridized carbons (Fsp3) is 0.500. The van der Waals surface area contributed by atoms with Crippen LogP contribution in [0.25, 0.3) is 0 Å². The Hall–Kier alpha value is -1.09. The lowest BCUT2D eigenvalue weighted by Crippen LogP contribution is -2.04. The molecule has 0 unspecified atom stereocenters. The van der Waals surface area contributed by atoms with Gasteiger partial charge in [0.05, 0.1) is 6.61 Å². The lowest BCUT2D eigenvalue weighted by Gasteiger charge is -2.02. The molecule has 3 nitrogen and oxygen atoms in total. The van der Waals surface area contributed by atoms with Crippen molar-refractivity contribution in [3.63, 3.8) is 0 Å². The first-order chi connectivity index (χ1) is 6.36. The van der Waals surface area contributed by atoms with Crippen LogP contribution in [0, 0.1) is 0 Å². The zero-order valence-corrected chi connectivity index (χ0v) is 7.90. The number of carbonyl (C=O) groups is 1. The SMILES string of the molecule is CCCOCCn1ccc(C=O)c1. The maximum Gasteiger partial charge on any atom is 0.151 e. The molecule has 1 heterocycles. The summed E-state index contributed by atoms with van der Waals surface area (Å²) in [5.74, 6) is 0. The van der Waals surface area contributed by atoms with E-state index < -0.39 is 0 Å². The lowest BCUT2D eigenvalue weighted by molar-refractivity contribution is 0.112. The molecule has 0 aliphatic rings. The zero-order valence-electron chi connectivity index (χ0n) is 7.90. The quantitative estimate of drug-likeness (QED) is 0.494. The van der Waals surface area contributed by atoms with Gasteiger partial charge in [0.15, 0.2) is 6.29 Å². The van der Waals surface area contributed by atoms with Crippen LogP contribution in [0.1, 0.15) is 23.7 Å². The number of nitrogens with zero attached hydrogens (tertiary/aromatic N) is 1. The van der Waals surface area contributed by atoms with Gasteiger partial charge in [0, 0.05) is 31.1 Å². The van der Waals surface area contributed by atoms with Crippen molar-refractivity contribution in [2.45, 2.75) is 19.9 Å². The molecule has 1 rings (SSSR count). The highest BCUT2D eigenvalue weighted by molar-refractivity contribution is 5.74. The van der Waals surface area contributed by atoms with Crippen molar-refractivity contribution in [1.29, 1.82) is 0 Å². The fourth-order valence-corrected chi connectivity index (χ4v) is 1.08. The Morgan fingerprint density at radius 2 is 2.38 bits per heavy atom. The van der Waals surface area contributed by atoms with E-state index >= 15 is 0 Å². The third-order valence-corrected chi connectivity index (χ3v) is 1.75. The summed E-state index contributed by atoms with van der Waals surface area (Å²) in [6.07, 6.45) is 5.61. The van der Waals surface area contributed by atoms with E-state index in [2.05, 4.69) is 6.92 Å². The van der Waals surface area contributed by atoms with Crippen LogP contribution in [0.15, 0.2) is 18.5 Å². The maximum absolute atomic E-state index is 10.4. The van der Waals surface area contributed by atoms with Gasteiger partial charge in [0.1, 0.15) is 0 Å². The van der Waals surface area contributed by atoms with E-state index in [0.29, 0.717) is 6.61 Å². The summed E-state index contributed by atoms with van der Waals surface area (Å²) < 4.78 is 7.28. The topological polar surface area (TPSA) is 31.2 Å². The molecule has 0 saturated carbocycles. The predicted octanol–water partition coefficient (Wildman–Crippen LogP) is 1.73. The highest BCUT2D eigenvalue weighted by Crippen LogP contribution is 1.97. The summed E-state index contributed by atoms with van der Waals surface area (Å²) in [5.41, 5.74) is 0.718. The summed E-state index contributed by atoms with van der Waals surface area (Å²) in [4.78, 5) is 10.4. The van der Waals surface area contributed by atoms with Crippen LogP contribution in [0.2, 0.25) is 0 Å². The van der Waals surface area contributed by atoms with Crippen molar-refractivity contribution in [3.8, 4) is 0 Å². The highest BCUT2D eigenvalue weighted by Gasteiger charge is 1.94.